The van der Waals surface area contributed by atoms with Gasteiger partial charge in [0, 0.05) is 30.4 Å². The summed E-state index contributed by atoms with van der Waals surface area (Å²) in [7, 11) is 0. The third-order valence-electron chi connectivity index (χ3n) is 3.55. The highest BCUT2D eigenvalue weighted by Gasteiger charge is 2.31. The minimum absolute atomic E-state index is 0.0368. The molecule has 100 valence electrons. The first-order chi connectivity index (χ1) is 8.54. The molecule has 1 fully saturated rings. The maximum absolute atomic E-state index is 9.38. The van der Waals surface area contributed by atoms with E-state index < -0.39 is 0 Å². The third-order valence-corrected chi connectivity index (χ3v) is 3.55. The van der Waals surface area contributed by atoms with Crippen LogP contribution in [-0.4, -0.2) is 36.4 Å². The average Bonchev–Trinajstić information content (AvgIpc) is 2.37. The van der Waals surface area contributed by atoms with Crippen molar-refractivity contribution in [2.24, 2.45) is 0 Å². The Morgan fingerprint density at radius 2 is 2.00 bits per heavy atom. The quantitative estimate of drug-likeness (QED) is 0.856. The number of aryl methyl sites for hydroxylation is 1. The molecular weight excluding hydrogens is 224 g/mol. The van der Waals surface area contributed by atoms with Gasteiger partial charge in [0.2, 0.25) is 0 Å². The van der Waals surface area contributed by atoms with Crippen LogP contribution >= 0.6 is 0 Å². The molecule has 18 heavy (non-hydrogen) atoms. The van der Waals surface area contributed by atoms with Crippen molar-refractivity contribution in [2.45, 2.75) is 38.8 Å². The lowest BCUT2D eigenvalue weighted by atomic mass is 9.98. The first-order valence-electron chi connectivity index (χ1n) is 6.76. The number of hydrogen-bond acceptors (Lipinski definition) is 3. The minimum atomic E-state index is 0.0368. The number of anilines is 1. The number of piperazine rings is 1. The second-order valence-electron chi connectivity index (χ2n) is 5.81. The van der Waals surface area contributed by atoms with Gasteiger partial charge in [0.15, 0.2) is 0 Å². The number of benzene rings is 1. The molecule has 0 aliphatic carbocycles. The molecule has 0 saturated carbocycles. The SMILES string of the molecule is CCc1ccc(N2CC(CO)NC(C)(C)C2)cc1. The van der Waals surface area contributed by atoms with E-state index in [-0.39, 0.29) is 18.2 Å². The van der Waals surface area contributed by atoms with Crippen LogP contribution in [0.2, 0.25) is 0 Å². The van der Waals surface area contributed by atoms with Crippen molar-refractivity contribution in [3.8, 4) is 0 Å². The minimum Gasteiger partial charge on any atom is -0.395 e. The number of aliphatic hydroxyl groups is 1. The number of rotatable bonds is 3. The summed E-state index contributed by atoms with van der Waals surface area (Å²) in [4.78, 5) is 2.36. The Hall–Kier alpha value is -1.06. The number of aliphatic hydroxyl groups excluding tert-OH is 1. The molecule has 1 unspecified atom stereocenters. The van der Waals surface area contributed by atoms with Crippen LogP contribution in [-0.2, 0) is 6.42 Å². The summed E-state index contributed by atoms with van der Waals surface area (Å²) >= 11 is 0. The first-order valence-corrected chi connectivity index (χ1v) is 6.76. The summed E-state index contributed by atoms with van der Waals surface area (Å²) < 4.78 is 0. The summed E-state index contributed by atoms with van der Waals surface area (Å²) in [6, 6.07) is 8.92. The Bertz CT molecular complexity index is 386. The molecule has 0 aromatic heterocycles. The summed E-state index contributed by atoms with van der Waals surface area (Å²) in [6.07, 6.45) is 1.08. The predicted octanol–water partition coefficient (Wildman–Crippen LogP) is 1.80. The molecule has 1 aliphatic rings. The van der Waals surface area contributed by atoms with Gasteiger partial charge in [-0.25, -0.2) is 0 Å². The number of hydrogen-bond donors (Lipinski definition) is 2. The molecule has 1 heterocycles. The van der Waals surface area contributed by atoms with Crippen LogP contribution in [0, 0.1) is 0 Å². The number of nitrogens with zero attached hydrogens (tertiary/aromatic N) is 1. The van der Waals surface area contributed by atoms with Crippen LogP contribution in [0.1, 0.15) is 26.3 Å². The van der Waals surface area contributed by atoms with Gasteiger partial charge in [0.1, 0.15) is 0 Å². The van der Waals surface area contributed by atoms with E-state index >= 15 is 0 Å². The number of nitrogens with one attached hydrogen (secondary N) is 1. The van der Waals surface area contributed by atoms with E-state index in [9.17, 15) is 5.11 Å². The van der Waals surface area contributed by atoms with Crippen molar-refractivity contribution in [1.29, 1.82) is 0 Å². The highest BCUT2D eigenvalue weighted by atomic mass is 16.3. The normalized spacial score (nSPS) is 23.1. The molecule has 0 radical (unpaired) electrons. The highest BCUT2D eigenvalue weighted by molar-refractivity contribution is 5.49. The smallest absolute Gasteiger partial charge is 0.0602 e. The largest absolute Gasteiger partial charge is 0.395 e. The third kappa shape index (κ3) is 3.03. The van der Waals surface area contributed by atoms with E-state index in [1.54, 1.807) is 0 Å². The lowest BCUT2D eigenvalue weighted by molar-refractivity contribution is 0.191. The van der Waals surface area contributed by atoms with Crippen molar-refractivity contribution in [1.82, 2.24) is 5.32 Å². The summed E-state index contributed by atoms with van der Waals surface area (Å²) in [5, 5.41) is 12.9. The summed E-state index contributed by atoms with van der Waals surface area (Å²) in [5.41, 5.74) is 2.65. The van der Waals surface area contributed by atoms with Crippen molar-refractivity contribution in [3.63, 3.8) is 0 Å². The molecular formula is C15H24N2O. The fraction of sp³-hybridized carbons (Fsp3) is 0.600. The molecule has 3 nitrogen and oxygen atoms in total. The average molecular weight is 248 g/mol. The van der Waals surface area contributed by atoms with E-state index in [0.29, 0.717) is 0 Å². The monoisotopic (exact) mass is 248 g/mol. The molecule has 1 saturated heterocycles. The van der Waals surface area contributed by atoms with Gasteiger partial charge in [-0.05, 0) is 38.0 Å². The van der Waals surface area contributed by atoms with Gasteiger partial charge in [0.25, 0.3) is 0 Å². The van der Waals surface area contributed by atoms with E-state index in [1.807, 2.05) is 0 Å². The molecule has 0 spiro atoms. The summed E-state index contributed by atoms with van der Waals surface area (Å²) in [6.45, 7) is 8.56. The van der Waals surface area contributed by atoms with Crippen molar-refractivity contribution in [2.75, 3.05) is 24.6 Å². The van der Waals surface area contributed by atoms with Gasteiger partial charge in [-0.1, -0.05) is 19.1 Å². The molecule has 1 aromatic carbocycles. The zero-order valence-electron chi connectivity index (χ0n) is 11.6. The van der Waals surface area contributed by atoms with Crippen LogP contribution in [0.5, 0.6) is 0 Å². The van der Waals surface area contributed by atoms with Gasteiger partial charge in [0.05, 0.1) is 6.61 Å². The molecule has 3 heteroatoms. The van der Waals surface area contributed by atoms with Gasteiger partial charge < -0.3 is 15.3 Å². The van der Waals surface area contributed by atoms with Crippen LogP contribution < -0.4 is 10.2 Å². The standard InChI is InChI=1S/C15H24N2O/c1-4-12-5-7-14(8-6-12)17-9-13(10-18)16-15(2,3)11-17/h5-8,13,16,18H,4,9-11H2,1-3H3. The zero-order chi connectivity index (χ0) is 13.2. The van der Waals surface area contributed by atoms with E-state index in [0.717, 1.165) is 19.5 Å². The van der Waals surface area contributed by atoms with Crippen LogP contribution in [0.15, 0.2) is 24.3 Å². The molecule has 1 atom stereocenters. The lowest BCUT2D eigenvalue weighted by Gasteiger charge is -2.44. The second-order valence-corrected chi connectivity index (χ2v) is 5.81. The fourth-order valence-electron chi connectivity index (χ4n) is 2.69. The Morgan fingerprint density at radius 1 is 1.33 bits per heavy atom. The maximum Gasteiger partial charge on any atom is 0.0602 e. The molecule has 1 aliphatic heterocycles. The van der Waals surface area contributed by atoms with Crippen LogP contribution in [0.4, 0.5) is 5.69 Å². The first kappa shape index (κ1) is 13.4. The topological polar surface area (TPSA) is 35.5 Å². The zero-order valence-corrected chi connectivity index (χ0v) is 11.6. The van der Waals surface area contributed by atoms with Crippen LogP contribution in [0.3, 0.4) is 0 Å². The Balaban J connectivity index is 2.15. The van der Waals surface area contributed by atoms with Gasteiger partial charge in [-0.2, -0.15) is 0 Å². The Morgan fingerprint density at radius 3 is 2.56 bits per heavy atom. The maximum atomic E-state index is 9.38. The van der Waals surface area contributed by atoms with Gasteiger partial charge in [-0.15, -0.1) is 0 Å². The van der Waals surface area contributed by atoms with Crippen LogP contribution in [0.25, 0.3) is 0 Å². The molecule has 0 amide bonds. The predicted molar refractivity (Wildman–Crippen MR) is 76.1 cm³/mol. The molecule has 2 N–H and O–H groups in total. The van der Waals surface area contributed by atoms with E-state index in [2.05, 4.69) is 55.3 Å². The molecule has 2 rings (SSSR count). The summed E-state index contributed by atoms with van der Waals surface area (Å²) in [5.74, 6) is 0. The molecule has 1 aromatic rings. The Kier molecular flexibility index (Phi) is 3.93. The van der Waals surface area contributed by atoms with Gasteiger partial charge >= 0.3 is 0 Å². The highest BCUT2D eigenvalue weighted by Crippen LogP contribution is 2.22. The van der Waals surface area contributed by atoms with Crippen molar-refractivity contribution >= 4 is 5.69 Å². The fourth-order valence-corrected chi connectivity index (χ4v) is 2.69. The Labute approximate surface area is 110 Å². The lowest BCUT2D eigenvalue weighted by Crippen LogP contribution is -2.63. The second kappa shape index (κ2) is 5.29. The molecule has 0 bridgehead atoms. The van der Waals surface area contributed by atoms with E-state index in [4.69, 9.17) is 0 Å². The van der Waals surface area contributed by atoms with Gasteiger partial charge in [-0.3, -0.25) is 0 Å². The van der Waals surface area contributed by atoms with Crippen molar-refractivity contribution < 1.29 is 5.11 Å². The van der Waals surface area contributed by atoms with Crippen molar-refractivity contribution in [3.05, 3.63) is 29.8 Å². The van der Waals surface area contributed by atoms with E-state index in [1.165, 1.54) is 11.3 Å².